The van der Waals surface area contributed by atoms with Gasteiger partial charge in [0.15, 0.2) is 29.0 Å². The lowest BCUT2D eigenvalue weighted by Crippen LogP contribution is -2.46. The van der Waals surface area contributed by atoms with Crippen molar-refractivity contribution in [1.82, 2.24) is 5.32 Å². The number of aliphatic imine (C=N–C) groups is 1. The topological polar surface area (TPSA) is 82.6 Å². The summed E-state index contributed by atoms with van der Waals surface area (Å²) in [6, 6.07) is 12.0. The Kier molecular flexibility index (Phi) is 8.90. The maximum Gasteiger partial charge on any atom is 0.231 e. The van der Waals surface area contributed by atoms with Crippen LogP contribution >= 0.6 is 24.0 Å². The van der Waals surface area contributed by atoms with Gasteiger partial charge in [0, 0.05) is 44.0 Å². The lowest BCUT2D eigenvalue weighted by molar-refractivity contribution is 0.0514. The van der Waals surface area contributed by atoms with E-state index >= 15 is 0 Å². The van der Waals surface area contributed by atoms with Gasteiger partial charge in [0.1, 0.15) is 0 Å². The summed E-state index contributed by atoms with van der Waals surface area (Å²) in [6.07, 6.45) is 1.82. The molecule has 2 N–H and O–H groups in total. The fraction of sp³-hybridized carbons (Fsp3) is 0.458. The molecular weight excluding hydrogens is 537 g/mol. The van der Waals surface area contributed by atoms with E-state index in [-0.39, 0.29) is 36.2 Å². The van der Waals surface area contributed by atoms with E-state index in [9.17, 15) is 0 Å². The van der Waals surface area contributed by atoms with Gasteiger partial charge in [-0.1, -0.05) is 6.07 Å². The molecular formula is C24H32IN3O5. The van der Waals surface area contributed by atoms with Crippen molar-refractivity contribution in [2.24, 2.45) is 4.99 Å². The Hall–Kier alpha value is -2.40. The lowest BCUT2D eigenvalue weighted by atomic mass is 9.74. The van der Waals surface area contributed by atoms with Crippen LogP contribution in [0.4, 0.5) is 5.69 Å². The molecule has 2 aliphatic heterocycles. The highest BCUT2D eigenvalue weighted by Crippen LogP contribution is 2.40. The highest BCUT2D eigenvalue weighted by atomic mass is 127. The Bertz CT molecular complexity index is 963. The zero-order valence-corrected chi connectivity index (χ0v) is 21.6. The summed E-state index contributed by atoms with van der Waals surface area (Å²) in [5.74, 6) is 3.67. The number of fused-ring (bicyclic) bond motifs is 1. The molecule has 33 heavy (non-hydrogen) atoms. The normalized spacial score (nSPS) is 16.5. The summed E-state index contributed by atoms with van der Waals surface area (Å²) in [6.45, 7) is 4.96. The highest BCUT2D eigenvalue weighted by Gasteiger charge is 2.36. The summed E-state index contributed by atoms with van der Waals surface area (Å²) in [7, 11) is 3.40. The summed E-state index contributed by atoms with van der Waals surface area (Å²) in [4.78, 5) is 4.41. The molecule has 0 saturated carbocycles. The summed E-state index contributed by atoms with van der Waals surface area (Å²) >= 11 is 0. The molecule has 0 atom stereocenters. The van der Waals surface area contributed by atoms with E-state index < -0.39 is 0 Å². The zero-order chi connectivity index (χ0) is 22.4. The van der Waals surface area contributed by atoms with Crippen LogP contribution in [0.3, 0.4) is 0 Å². The van der Waals surface area contributed by atoms with Gasteiger partial charge >= 0.3 is 0 Å². The summed E-state index contributed by atoms with van der Waals surface area (Å²) in [5.41, 5.74) is 1.99. The molecule has 0 unspecified atom stereocenters. The first-order valence-electron chi connectivity index (χ1n) is 10.9. The molecule has 0 spiro atoms. The minimum Gasteiger partial charge on any atom is -0.493 e. The van der Waals surface area contributed by atoms with Crippen LogP contribution in [-0.2, 0) is 10.2 Å². The van der Waals surface area contributed by atoms with Crippen LogP contribution in [0.2, 0.25) is 0 Å². The SMILES string of the molecule is CCOc1ccc(NC(=NC)NCC2(c3ccc4c(c3)OCO4)CCOCC2)cc1OC.I. The molecule has 2 aromatic carbocycles. The van der Waals surface area contributed by atoms with Crippen LogP contribution in [0, 0.1) is 0 Å². The maximum atomic E-state index is 5.67. The molecule has 4 rings (SSSR count). The van der Waals surface area contributed by atoms with Crippen molar-refractivity contribution in [3.8, 4) is 23.0 Å². The second-order valence-corrected chi connectivity index (χ2v) is 7.81. The van der Waals surface area contributed by atoms with E-state index in [0.717, 1.165) is 43.2 Å². The monoisotopic (exact) mass is 569 g/mol. The van der Waals surface area contributed by atoms with Crippen LogP contribution in [0.5, 0.6) is 23.0 Å². The van der Waals surface area contributed by atoms with Crippen molar-refractivity contribution in [2.75, 3.05) is 52.6 Å². The number of nitrogens with one attached hydrogen (secondary N) is 2. The van der Waals surface area contributed by atoms with Gasteiger partial charge in [-0.3, -0.25) is 4.99 Å². The van der Waals surface area contributed by atoms with Gasteiger partial charge in [-0.05, 0) is 49.6 Å². The van der Waals surface area contributed by atoms with Crippen molar-refractivity contribution in [2.45, 2.75) is 25.2 Å². The van der Waals surface area contributed by atoms with E-state index in [2.05, 4.69) is 27.8 Å². The number of nitrogens with zero attached hydrogens (tertiary/aromatic N) is 1. The van der Waals surface area contributed by atoms with Crippen molar-refractivity contribution < 1.29 is 23.7 Å². The lowest BCUT2D eigenvalue weighted by Gasteiger charge is -2.38. The predicted octanol–water partition coefficient (Wildman–Crippen LogP) is 4.18. The fourth-order valence-electron chi connectivity index (χ4n) is 4.14. The Morgan fingerprint density at radius 1 is 1.06 bits per heavy atom. The third-order valence-electron chi connectivity index (χ3n) is 5.98. The van der Waals surface area contributed by atoms with Gasteiger partial charge in [0.2, 0.25) is 6.79 Å². The Morgan fingerprint density at radius 3 is 2.58 bits per heavy atom. The number of hydrogen-bond acceptors (Lipinski definition) is 6. The molecule has 1 saturated heterocycles. The fourth-order valence-corrected chi connectivity index (χ4v) is 4.14. The third kappa shape index (κ3) is 5.75. The second kappa shape index (κ2) is 11.6. The van der Waals surface area contributed by atoms with Gasteiger partial charge in [-0.25, -0.2) is 0 Å². The minimum atomic E-state index is -0.0899. The smallest absolute Gasteiger partial charge is 0.231 e. The van der Waals surface area contributed by atoms with E-state index in [1.165, 1.54) is 5.56 Å². The van der Waals surface area contributed by atoms with Crippen LogP contribution < -0.4 is 29.6 Å². The quantitative estimate of drug-likeness (QED) is 0.294. The number of anilines is 1. The van der Waals surface area contributed by atoms with Crippen LogP contribution in [0.1, 0.15) is 25.3 Å². The second-order valence-electron chi connectivity index (χ2n) is 7.81. The number of methoxy groups -OCH3 is 1. The molecule has 0 aromatic heterocycles. The molecule has 180 valence electrons. The molecule has 9 heteroatoms. The summed E-state index contributed by atoms with van der Waals surface area (Å²) < 4.78 is 27.8. The Balaban J connectivity index is 0.00000306. The number of halogens is 1. The number of guanidine groups is 1. The molecule has 0 aliphatic carbocycles. The van der Waals surface area contributed by atoms with E-state index in [1.54, 1.807) is 14.2 Å². The number of ether oxygens (including phenoxy) is 5. The van der Waals surface area contributed by atoms with Crippen LogP contribution in [-0.4, -0.2) is 53.3 Å². The highest BCUT2D eigenvalue weighted by molar-refractivity contribution is 14.0. The maximum absolute atomic E-state index is 5.67. The van der Waals surface area contributed by atoms with Crippen LogP contribution in [0.15, 0.2) is 41.4 Å². The number of rotatable bonds is 7. The minimum absolute atomic E-state index is 0. The van der Waals surface area contributed by atoms with Gasteiger partial charge in [0.05, 0.1) is 13.7 Å². The van der Waals surface area contributed by atoms with Gasteiger partial charge in [-0.2, -0.15) is 0 Å². The first-order chi connectivity index (χ1) is 15.7. The van der Waals surface area contributed by atoms with Crippen molar-refractivity contribution in [1.29, 1.82) is 0 Å². The van der Waals surface area contributed by atoms with Crippen molar-refractivity contribution >= 4 is 35.6 Å². The van der Waals surface area contributed by atoms with Gasteiger partial charge in [-0.15, -0.1) is 24.0 Å². The molecule has 1 fully saturated rings. The number of benzene rings is 2. The predicted molar refractivity (Wildman–Crippen MR) is 139 cm³/mol. The summed E-state index contributed by atoms with van der Waals surface area (Å²) in [5, 5.41) is 6.86. The van der Waals surface area contributed by atoms with Crippen molar-refractivity contribution in [3.05, 3.63) is 42.0 Å². The molecule has 2 heterocycles. The van der Waals surface area contributed by atoms with Crippen LogP contribution in [0.25, 0.3) is 0 Å². The van der Waals surface area contributed by atoms with Gasteiger partial charge < -0.3 is 34.3 Å². The van der Waals surface area contributed by atoms with Crippen molar-refractivity contribution in [3.63, 3.8) is 0 Å². The molecule has 8 nitrogen and oxygen atoms in total. The first kappa shape index (κ1) is 25.2. The molecule has 0 bridgehead atoms. The third-order valence-corrected chi connectivity index (χ3v) is 5.98. The molecule has 0 amide bonds. The average molecular weight is 569 g/mol. The first-order valence-corrected chi connectivity index (χ1v) is 10.9. The van der Waals surface area contributed by atoms with E-state index in [1.807, 2.05) is 31.2 Å². The molecule has 2 aliphatic rings. The molecule has 0 radical (unpaired) electrons. The largest absolute Gasteiger partial charge is 0.493 e. The van der Waals surface area contributed by atoms with Gasteiger partial charge in [0.25, 0.3) is 0 Å². The Labute approximate surface area is 212 Å². The molecule has 2 aromatic rings. The number of hydrogen-bond donors (Lipinski definition) is 2. The van der Waals surface area contributed by atoms with E-state index in [4.69, 9.17) is 23.7 Å². The standard InChI is InChI=1S/C24H31N3O5.HI/c1-4-30-19-8-6-18(14-21(19)28-3)27-23(25-2)26-15-24(9-11-29-12-10-24)17-5-7-20-22(13-17)32-16-31-20;/h5-8,13-14H,4,9-12,15-16H2,1-3H3,(H2,25,26,27);1H. The Morgan fingerprint density at radius 2 is 1.85 bits per heavy atom. The average Bonchev–Trinajstić information content (AvgIpc) is 3.31. The zero-order valence-electron chi connectivity index (χ0n) is 19.3. The van der Waals surface area contributed by atoms with E-state index in [0.29, 0.717) is 30.6 Å².